The molecule has 0 radical (unpaired) electrons. The van der Waals surface area contributed by atoms with Crippen LogP contribution in [0.3, 0.4) is 0 Å². The van der Waals surface area contributed by atoms with E-state index < -0.39 is 0 Å². The van der Waals surface area contributed by atoms with Crippen LogP contribution in [-0.2, 0) is 32.7 Å². The zero-order valence-electron chi connectivity index (χ0n) is 23.1. The predicted octanol–water partition coefficient (Wildman–Crippen LogP) is 6.40. The smallest absolute Gasteiger partial charge is 0.277 e. The maximum Gasteiger partial charge on any atom is 0.277 e. The molecule has 0 unspecified atom stereocenters. The first-order valence-corrected chi connectivity index (χ1v) is 13.3. The lowest BCUT2D eigenvalue weighted by molar-refractivity contribution is -0.385. The van der Waals surface area contributed by atoms with E-state index in [0.29, 0.717) is 43.2 Å². The van der Waals surface area contributed by atoms with Crippen molar-refractivity contribution in [2.45, 2.75) is 39.6 Å². The SMILES string of the molecule is CCn1c2ccccc2c2cc(CN(Cc3ccc(CN)cc3)Cc3cc(OC)c(OC)cc3[N+](=O)[O-])ccc21. The Kier molecular flexibility index (Phi) is 8.00. The molecule has 0 fully saturated rings. The van der Waals surface area contributed by atoms with Crippen molar-refractivity contribution in [1.29, 1.82) is 0 Å². The minimum atomic E-state index is -0.364. The maximum atomic E-state index is 12.0. The summed E-state index contributed by atoms with van der Waals surface area (Å²) < 4.78 is 13.1. The lowest BCUT2D eigenvalue weighted by Gasteiger charge is -2.23. The number of methoxy groups -OCH3 is 2. The number of para-hydroxylation sites is 1. The molecule has 4 aromatic carbocycles. The summed E-state index contributed by atoms with van der Waals surface area (Å²) in [5.41, 5.74) is 12.1. The third-order valence-electron chi connectivity index (χ3n) is 7.40. The van der Waals surface area contributed by atoms with Gasteiger partial charge in [0.15, 0.2) is 11.5 Å². The highest BCUT2D eigenvalue weighted by Gasteiger charge is 2.22. The number of nitro benzene ring substituents is 1. The van der Waals surface area contributed by atoms with Gasteiger partial charge >= 0.3 is 0 Å². The minimum Gasteiger partial charge on any atom is -0.493 e. The zero-order chi connectivity index (χ0) is 28.2. The molecule has 0 saturated heterocycles. The largest absolute Gasteiger partial charge is 0.493 e. The van der Waals surface area contributed by atoms with E-state index in [1.165, 1.54) is 42.1 Å². The van der Waals surface area contributed by atoms with Crippen LogP contribution in [-0.4, -0.2) is 28.6 Å². The number of hydrogen-bond acceptors (Lipinski definition) is 6. The van der Waals surface area contributed by atoms with Crippen LogP contribution in [0.4, 0.5) is 5.69 Å². The van der Waals surface area contributed by atoms with Crippen molar-refractivity contribution < 1.29 is 14.4 Å². The summed E-state index contributed by atoms with van der Waals surface area (Å²) in [6.07, 6.45) is 0. The monoisotopic (exact) mass is 538 g/mol. The number of nitrogens with zero attached hydrogens (tertiary/aromatic N) is 3. The average molecular weight is 539 g/mol. The second-order valence-electron chi connectivity index (χ2n) is 9.87. The van der Waals surface area contributed by atoms with Gasteiger partial charge in [-0.15, -0.1) is 0 Å². The summed E-state index contributed by atoms with van der Waals surface area (Å²) >= 11 is 0. The Hall–Kier alpha value is -4.40. The van der Waals surface area contributed by atoms with Gasteiger partial charge in [0, 0.05) is 60.1 Å². The van der Waals surface area contributed by atoms with Gasteiger partial charge < -0.3 is 19.8 Å². The van der Waals surface area contributed by atoms with Crippen LogP contribution >= 0.6 is 0 Å². The van der Waals surface area contributed by atoms with Crippen molar-refractivity contribution >= 4 is 27.5 Å². The number of rotatable bonds is 11. The molecule has 0 atom stereocenters. The van der Waals surface area contributed by atoms with E-state index in [1.807, 2.05) is 12.1 Å². The van der Waals surface area contributed by atoms with Gasteiger partial charge in [0.2, 0.25) is 0 Å². The van der Waals surface area contributed by atoms with Crippen LogP contribution in [0.1, 0.15) is 29.2 Å². The third-order valence-corrected chi connectivity index (χ3v) is 7.40. The van der Waals surface area contributed by atoms with Gasteiger partial charge in [-0.3, -0.25) is 15.0 Å². The molecule has 0 aliphatic rings. The molecule has 2 N–H and O–H groups in total. The Morgan fingerprint density at radius 2 is 1.43 bits per heavy atom. The van der Waals surface area contributed by atoms with Crippen LogP contribution in [0.25, 0.3) is 21.8 Å². The van der Waals surface area contributed by atoms with Gasteiger partial charge in [-0.1, -0.05) is 48.5 Å². The molecule has 1 aromatic heterocycles. The Morgan fingerprint density at radius 3 is 2.10 bits per heavy atom. The van der Waals surface area contributed by atoms with Crippen molar-refractivity contribution in [1.82, 2.24) is 9.47 Å². The highest BCUT2D eigenvalue weighted by atomic mass is 16.6. The quantitative estimate of drug-likeness (QED) is 0.154. The molecule has 0 bridgehead atoms. The first-order chi connectivity index (χ1) is 19.4. The van der Waals surface area contributed by atoms with Crippen molar-refractivity contribution in [3.63, 3.8) is 0 Å². The summed E-state index contributed by atoms with van der Waals surface area (Å²) in [6.45, 7) is 5.08. The van der Waals surface area contributed by atoms with Crippen LogP contribution < -0.4 is 15.2 Å². The average Bonchev–Trinajstić information content (AvgIpc) is 3.30. The number of fused-ring (bicyclic) bond motifs is 3. The van der Waals surface area contributed by atoms with Crippen LogP contribution in [0.5, 0.6) is 11.5 Å². The number of hydrogen-bond donors (Lipinski definition) is 1. The first kappa shape index (κ1) is 27.2. The van der Waals surface area contributed by atoms with E-state index in [9.17, 15) is 10.1 Å². The third kappa shape index (κ3) is 5.36. The lowest BCUT2D eigenvalue weighted by Crippen LogP contribution is -2.23. The fourth-order valence-corrected chi connectivity index (χ4v) is 5.45. The van der Waals surface area contributed by atoms with E-state index in [-0.39, 0.29) is 10.6 Å². The fraction of sp³-hybridized carbons (Fsp3) is 0.250. The van der Waals surface area contributed by atoms with Gasteiger partial charge in [0.1, 0.15) is 0 Å². The van der Waals surface area contributed by atoms with Gasteiger partial charge in [0.25, 0.3) is 5.69 Å². The predicted molar refractivity (Wildman–Crippen MR) is 159 cm³/mol. The summed E-state index contributed by atoms with van der Waals surface area (Å²) in [6, 6.07) is 26.4. The van der Waals surface area contributed by atoms with Crippen molar-refractivity contribution in [3.8, 4) is 11.5 Å². The highest BCUT2D eigenvalue weighted by molar-refractivity contribution is 6.08. The van der Waals surface area contributed by atoms with Crippen molar-refractivity contribution in [2.24, 2.45) is 5.73 Å². The van der Waals surface area contributed by atoms with Gasteiger partial charge in [-0.05, 0) is 47.9 Å². The van der Waals surface area contributed by atoms with E-state index in [2.05, 4.69) is 71.0 Å². The van der Waals surface area contributed by atoms with E-state index >= 15 is 0 Å². The molecule has 8 nitrogen and oxygen atoms in total. The second kappa shape index (κ2) is 11.8. The summed E-state index contributed by atoms with van der Waals surface area (Å²) in [5.74, 6) is 0.795. The van der Waals surface area contributed by atoms with Gasteiger partial charge in [-0.25, -0.2) is 0 Å². The Balaban J connectivity index is 1.55. The van der Waals surface area contributed by atoms with E-state index in [1.54, 1.807) is 6.07 Å². The number of benzene rings is 4. The lowest BCUT2D eigenvalue weighted by atomic mass is 10.1. The molecule has 0 amide bonds. The molecule has 206 valence electrons. The number of nitrogens with two attached hydrogens (primary N) is 1. The molecular weight excluding hydrogens is 504 g/mol. The maximum absolute atomic E-state index is 12.0. The van der Waals surface area contributed by atoms with Gasteiger partial charge in [0.05, 0.1) is 25.2 Å². The molecule has 0 spiro atoms. The molecule has 5 rings (SSSR count). The minimum absolute atomic E-state index is 0.00241. The Labute approximate surface area is 233 Å². The molecule has 0 aliphatic carbocycles. The topological polar surface area (TPSA) is 95.8 Å². The highest BCUT2D eigenvalue weighted by Crippen LogP contribution is 2.36. The summed E-state index contributed by atoms with van der Waals surface area (Å²) in [7, 11) is 3.01. The van der Waals surface area contributed by atoms with Crippen LogP contribution in [0, 0.1) is 10.1 Å². The number of aromatic nitrogens is 1. The fourth-order valence-electron chi connectivity index (χ4n) is 5.45. The van der Waals surface area contributed by atoms with Crippen molar-refractivity contribution in [2.75, 3.05) is 14.2 Å². The number of nitro groups is 1. The normalized spacial score (nSPS) is 11.4. The molecule has 0 saturated carbocycles. The second-order valence-corrected chi connectivity index (χ2v) is 9.87. The van der Waals surface area contributed by atoms with Crippen LogP contribution in [0.2, 0.25) is 0 Å². The Bertz CT molecular complexity index is 1660. The van der Waals surface area contributed by atoms with Crippen molar-refractivity contribution in [3.05, 3.63) is 111 Å². The molecule has 1 heterocycles. The molecule has 40 heavy (non-hydrogen) atoms. The first-order valence-electron chi connectivity index (χ1n) is 13.3. The molecule has 8 heteroatoms. The molecular formula is C32H34N4O4. The van der Waals surface area contributed by atoms with E-state index in [0.717, 1.165) is 23.2 Å². The summed E-state index contributed by atoms with van der Waals surface area (Å²) in [5, 5.41) is 14.5. The molecule has 0 aliphatic heterocycles. The van der Waals surface area contributed by atoms with Gasteiger partial charge in [-0.2, -0.15) is 0 Å². The summed E-state index contributed by atoms with van der Waals surface area (Å²) in [4.78, 5) is 13.9. The Morgan fingerprint density at radius 1 is 0.800 bits per heavy atom. The number of aryl methyl sites for hydroxylation is 1. The number of ether oxygens (including phenoxy) is 2. The standard InChI is InChI=1S/C32H34N4O4/c1-4-35-28-8-6-5-7-26(28)27-15-24(13-14-29(27)35)20-34(19-23-11-9-22(18-33)10-12-23)21-25-16-31(39-2)32(40-3)17-30(25)36(37)38/h5-17H,4,18-21,33H2,1-3H3. The van der Waals surface area contributed by atoms with Crippen LogP contribution in [0.15, 0.2) is 78.9 Å². The zero-order valence-corrected chi connectivity index (χ0v) is 23.1. The van der Waals surface area contributed by atoms with E-state index in [4.69, 9.17) is 15.2 Å². The molecule has 5 aromatic rings.